The number of carbonyl (C=O) groups excluding carboxylic acids is 2. The summed E-state index contributed by atoms with van der Waals surface area (Å²) in [6, 6.07) is 28.7. The smallest absolute Gasteiger partial charge is 0.294 e. The van der Waals surface area contributed by atoms with E-state index in [0.717, 1.165) is 39.6 Å². The molecular weight excluding hydrogens is 595 g/mol. The lowest BCUT2D eigenvalue weighted by Gasteiger charge is -2.26. The molecule has 6 heteroatoms. The van der Waals surface area contributed by atoms with E-state index in [-0.39, 0.29) is 17.9 Å². The zero-order valence-electron chi connectivity index (χ0n) is 26.3. The molecule has 0 radical (unpaired) electrons. The van der Waals surface area contributed by atoms with E-state index < -0.39 is 17.9 Å². The van der Waals surface area contributed by atoms with E-state index in [1.807, 2.05) is 66.9 Å². The van der Waals surface area contributed by atoms with Gasteiger partial charge >= 0.3 is 6.18 Å². The first-order valence-corrected chi connectivity index (χ1v) is 16.5. The zero-order valence-corrected chi connectivity index (χ0v) is 26.3. The Morgan fingerprint density at radius 1 is 0.681 bits per heavy atom. The molecule has 0 bridgehead atoms. The molecule has 2 unspecified atom stereocenters. The van der Waals surface area contributed by atoms with E-state index in [4.69, 9.17) is 0 Å². The summed E-state index contributed by atoms with van der Waals surface area (Å²) in [4.78, 5) is 30.1. The van der Waals surface area contributed by atoms with Gasteiger partial charge in [0.15, 0.2) is 11.6 Å². The number of fused-ring (bicyclic) bond motifs is 3. The number of alkyl halides is 3. The Morgan fingerprint density at radius 3 is 2.15 bits per heavy atom. The molecule has 3 aliphatic carbocycles. The highest BCUT2D eigenvalue weighted by molar-refractivity contribution is 6.11. The summed E-state index contributed by atoms with van der Waals surface area (Å²) in [5.41, 5.74) is 7.44. The van der Waals surface area contributed by atoms with Crippen LogP contribution >= 0.6 is 0 Å². The molecule has 0 aliphatic heterocycles. The van der Waals surface area contributed by atoms with Gasteiger partial charge in [-0.25, -0.2) is 0 Å². The standard InChI is InChI=1S/C21H23NO.C20H13F3O/c1-14-11-16-13-17(15-7-3-2-4-8-15)21(23)20(16)18(12-14)19-9-5-6-10-22-19;21-20(22,23)17-11-13-7-4-10-16(18(13)19(17)24)15-9-3-6-12-5-1-2-8-14(12)15/h5-6,9-12,15,17H,2-4,7-8,13H2,1H3;1-10,17H,11H2. The Kier molecular flexibility index (Phi) is 8.29. The van der Waals surface area contributed by atoms with E-state index in [9.17, 15) is 22.8 Å². The van der Waals surface area contributed by atoms with Gasteiger partial charge in [0.25, 0.3) is 0 Å². The van der Waals surface area contributed by atoms with Crippen molar-refractivity contribution in [3.05, 3.63) is 125 Å². The van der Waals surface area contributed by atoms with E-state index >= 15 is 0 Å². The third-order valence-electron chi connectivity index (χ3n) is 10.2. The first-order valence-electron chi connectivity index (χ1n) is 16.5. The number of carbonyl (C=O) groups is 2. The van der Waals surface area contributed by atoms with Crippen molar-refractivity contribution in [1.82, 2.24) is 4.98 Å². The van der Waals surface area contributed by atoms with Crippen LogP contribution in [0, 0.1) is 24.7 Å². The third-order valence-corrected chi connectivity index (χ3v) is 10.2. The van der Waals surface area contributed by atoms with Crippen LogP contribution in [0.25, 0.3) is 33.2 Å². The molecule has 0 saturated heterocycles. The second kappa shape index (κ2) is 12.6. The average Bonchev–Trinajstić information content (AvgIpc) is 3.61. The first kappa shape index (κ1) is 31.0. The maximum Gasteiger partial charge on any atom is 0.399 e. The van der Waals surface area contributed by atoms with Gasteiger partial charge in [-0.2, -0.15) is 13.2 Å². The number of halogens is 3. The maximum atomic E-state index is 13.2. The molecule has 1 aromatic heterocycles. The molecule has 0 amide bonds. The molecule has 3 nitrogen and oxygen atoms in total. The van der Waals surface area contributed by atoms with Crippen molar-refractivity contribution in [2.75, 3.05) is 0 Å². The Hall–Kier alpha value is -4.58. The van der Waals surface area contributed by atoms with Crippen LogP contribution in [0.1, 0.15) is 69.5 Å². The normalized spacial score (nSPS) is 19.3. The van der Waals surface area contributed by atoms with Gasteiger partial charge in [-0.1, -0.05) is 97.6 Å². The number of Topliss-reactive ketones (excluding diaryl/α,β-unsaturated/α-hetero) is 2. The van der Waals surface area contributed by atoms with Gasteiger partial charge in [-0.15, -0.1) is 0 Å². The number of nitrogens with zero attached hydrogens (tertiary/aromatic N) is 1. The molecule has 4 aromatic carbocycles. The van der Waals surface area contributed by atoms with Gasteiger partial charge in [-0.05, 0) is 89.8 Å². The van der Waals surface area contributed by atoms with E-state index in [0.29, 0.717) is 22.8 Å². The fourth-order valence-electron chi connectivity index (χ4n) is 7.97. The van der Waals surface area contributed by atoms with E-state index in [2.05, 4.69) is 24.0 Å². The lowest BCUT2D eigenvalue weighted by atomic mass is 9.78. The van der Waals surface area contributed by atoms with Crippen LogP contribution in [0.4, 0.5) is 13.2 Å². The van der Waals surface area contributed by atoms with Gasteiger partial charge < -0.3 is 0 Å². The highest BCUT2D eigenvalue weighted by Gasteiger charge is 2.49. The van der Waals surface area contributed by atoms with Crippen LogP contribution in [-0.4, -0.2) is 22.7 Å². The molecule has 1 heterocycles. The number of hydrogen-bond acceptors (Lipinski definition) is 3. The number of hydrogen-bond donors (Lipinski definition) is 0. The van der Waals surface area contributed by atoms with Gasteiger partial charge in [0, 0.05) is 28.8 Å². The summed E-state index contributed by atoms with van der Waals surface area (Å²) in [6.45, 7) is 2.12. The third kappa shape index (κ3) is 5.90. The van der Waals surface area contributed by atoms with Crippen molar-refractivity contribution < 1.29 is 22.8 Å². The highest BCUT2D eigenvalue weighted by Crippen LogP contribution is 2.44. The molecule has 1 saturated carbocycles. The predicted octanol–water partition coefficient (Wildman–Crippen LogP) is 10.4. The van der Waals surface area contributed by atoms with Gasteiger partial charge in [-0.3, -0.25) is 14.6 Å². The Bertz CT molecular complexity index is 1970. The minimum Gasteiger partial charge on any atom is -0.294 e. The van der Waals surface area contributed by atoms with Crippen LogP contribution in [0.2, 0.25) is 0 Å². The summed E-state index contributed by atoms with van der Waals surface area (Å²) < 4.78 is 39.4. The molecule has 0 N–H and O–H groups in total. The second-order valence-corrected chi connectivity index (χ2v) is 13.2. The van der Waals surface area contributed by atoms with Crippen molar-refractivity contribution in [2.24, 2.45) is 17.8 Å². The minimum absolute atomic E-state index is 0.203. The van der Waals surface area contributed by atoms with Crippen LogP contribution in [-0.2, 0) is 12.8 Å². The minimum atomic E-state index is -4.51. The number of aryl methyl sites for hydroxylation is 1. The number of benzene rings is 4. The van der Waals surface area contributed by atoms with Gasteiger partial charge in [0.05, 0.1) is 5.69 Å². The molecule has 2 atom stereocenters. The molecule has 8 rings (SSSR count). The topological polar surface area (TPSA) is 47.0 Å². The van der Waals surface area contributed by atoms with Crippen molar-refractivity contribution >= 4 is 22.3 Å². The Morgan fingerprint density at radius 2 is 1.38 bits per heavy atom. The van der Waals surface area contributed by atoms with E-state index in [1.165, 1.54) is 43.2 Å². The highest BCUT2D eigenvalue weighted by atomic mass is 19.4. The molecule has 238 valence electrons. The molecule has 3 aliphatic rings. The SMILES string of the molecule is Cc1cc2c(c(-c3ccccn3)c1)C(=O)C(C1CCCCC1)C2.O=C1c2c(cccc2-c2cccc3ccccc23)CC1C(F)(F)F. The van der Waals surface area contributed by atoms with Crippen molar-refractivity contribution in [1.29, 1.82) is 0 Å². The first-order chi connectivity index (χ1) is 22.7. The summed E-state index contributed by atoms with van der Waals surface area (Å²) in [7, 11) is 0. The number of rotatable bonds is 3. The van der Waals surface area contributed by atoms with Crippen molar-refractivity contribution in [3.63, 3.8) is 0 Å². The zero-order chi connectivity index (χ0) is 32.7. The number of aromatic nitrogens is 1. The maximum absolute atomic E-state index is 13.2. The molecule has 47 heavy (non-hydrogen) atoms. The van der Waals surface area contributed by atoms with Crippen molar-refractivity contribution in [3.8, 4) is 22.4 Å². The van der Waals surface area contributed by atoms with Crippen LogP contribution in [0.15, 0.2) is 97.2 Å². The summed E-state index contributed by atoms with van der Waals surface area (Å²) in [6.07, 6.45) is 4.33. The van der Waals surface area contributed by atoms with Crippen LogP contribution < -0.4 is 0 Å². The number of ketones is 2. The summed E-state index contributed by atoms with van der Waals surface area (Å²) in [5, 5.41) is 1.92. The van der Waals surface area contributed by atoms with Gasteiger partial charge in [0.1, 0.15) is 5.92 Å². The van der Waals surface area contributed by atoms with Crippen LogP contribution in [0.3, 0.4) is 0 Å². The quantitative estimate of drug-likeness (QED) is 0.199. The second-order valence-electron chi connectivity index (χ2n) is 13.2. The lowest BCUT2D eigenvalue weighted by molar-refractivity contribution is -0.158. The number of pyridine rings is 1. The van der Waals surface area contributed by atoms with E-state index in [1.54, 1.807) is 18.2 Å². The van der Waals surface area contributed by atoms with Crippen molar-refractivity contribution in [2.45, 2.75) is 58.0 Å². The van der Waals surface area contributed by atoms with Gasteiger partial charge in [0.2, 0.25) is 0 Å². The Balaban J connectivity index is 0.000000150. The molecule has 0 spiro atoms. The fourth-order valence-corrected chi connectivity index (χ4v) is 7.97. The molecule has 1 fully saturated rings. The monoisotopic (exact) mass is 631 g/mol. The molecular formula is C41H36F3NO2. The lowest BCUT2D eigenvalue weighted by Crippen LogP contribution is -2.28. The summed E-state index contributed by atoms with van der Waals surface area (Å²) >= 11 is 0. The molecule has 5 aromatic rings. The van der Waals surface area contributed by atoms with Crippen LogP contribution in [0.5, 0.6) is 0 Å². The predicted molar refractivity (Wildman–Crippen MR) is 179 cm³/mol. The summed E-state index contributed by atoms with van der Waals surface area (Å²) in [5.74, 6) is -1.59. The average molecular weight is 632 g/mol. The largest absolute Gasteiger partial charge is 0.399 e. The Labute approximate surface area is 272 Å². The fraction of sp³-hybridized carbons (Fsp3) is 0.293.